The molecule has 0 radical (unpaired) electrons. The van der Waals surface area contributed by atoms with Crippen LogP contribution in [0.15, 0.2) is 29.2 Å². The Morgan fingerprint density at radius 2 is 1.86 bits per heavy atom. The van der Waals surface area contributed by atoms with E-state index in [0.29, 0.717) is 18.5 Å². The van der Waals surface area contributed by atoms with Crippen molar-refractivity contribution in [3.8, 4) is 11.3 Å². The zero-order valence-electron chi connectivity index (χ0n) is 15.0. The SMILES string of the molecule is NC(=O)c1cc(C(F)(F)F)c(-c2cc[nH]c(=O)c2)nc1N1CCC2(CC1)CC2. The topological polar surface area (TPSA) is 92.1 Å². The molecule has 1 saturated heterocycles. The van der Waals surface area contributed by atoms with Gasteiger partial charge in [-0.1, -0.05) is 0 Å². The third-order valence-electron chi connectivity index (χ3n) is 5.70. The number of halogens is 3. The van der Waals surface area contributed by atoms with Gasteiger partial charge in [-0.3, -0.25) is 9.59 Å². The summed E-state index contributed by atoms with van der Waals surface area (Å²) in [5, 5.41) is 0. The van der Waals surface area contributed by atoms with Crippen molar-refractivity contribution in [1.29, 1.82) is 0 Å². The first-order valence-electron chi connectivity index (χ1n) is 9.05. The smallest absolute Gasteiger partial charge is 0.365 e. The number of hydrogen-bond donors (Lipinski definition) is 2. The summed E-state index contributed by atoms with van der Waals surface area (Å²) in [4.78, 5) is 31.9. The van der Waals surface area contributed by atoms with Gasteiger partial charge in [-0.15, -0.1) is 0 Å². The maximum absolute atomic E-state index is 13.7. The number of aromatic nitrogens is 2. The third kappa shape index (κ3) is 3.36. The van der Waals surface area contributed by atoms with Crippen molar-refractivity contribution >= 4 is 11.7 Å². The molecule has 1 saturated carbocycles. The van der Waals surface area contributed by atoms with E-state index in [9.17, 15) is 22.8 Å². The molecule has 4 rings (SSSR count). The lowest BCUT2D eigenvalue weighted by atomic mass is 9.93. The zero-order chi connectivity index (χ0) is 20.1. The molecule has 6 nitrogen and oxygen atoms in total. The van der Waals surface area contributed by atoms with Crippen LogP contribution in [0.3, 0.4) is 0 Å². The number of hydrogen-bond acceptors (Lipinski definition) is 4. The van der Waals surface area contributed by atoms with E-state index in [1.807, 2.05) is 4.90 Å². The van der Waals surface area contributed by atoms with Crippen LogP contribution in [0.4, 0.5) is 19.0 Å². The summed E-state index contributed by atoms with van der Waals surface area (Å²) in [5.41, 5.74) is 3.50. The Morgan fingerprint density at radius 1 is 1.18 bits per heavy atom. The predicted molar refractivity (Wildman–Crippen MR) is 96.9 cm³/mol. The number of alkyl halides is 3. The maximum atomic E-state index is 13.7. The zero-order valence-corrected chi connectivity index (χ0v) is 15.0. The van der Waals surface area contributed by atoms with Crippen LogP contribution in [-0.2, 0) is 6.18 Å². The average molecular weight is 392 g/mol. The fourth-order valence-electron chi connectivity index (χ4n) is 3.82. The molecule has 3 N–H and O–H groups in total. The van der Waals surface area contributed by atoms with Crippen molar-refractivity contribution in [2.75, 3.05) is 18.0 Å². The van der Waals surface area contributed by atoms with Gasteiger partial charge in [0.05, 0.1) is 16.8 Å². The molecule has 9 heteroatoms. The second-order valence-corrected chi connectivity index (χ2v) is 7.55. The summed E-state index contributed by atoms with van der Waals surface area (Å²) >= 11 is 0. The number of nitrogens with one attached hydrogen (secondary N) is 1. The van der Waals surface area contributed by atoms with E-state index in [1.54, 1.807) is 0 Å². The Balaban J connectivity index is 1.86. The molecule has 1 aliphatic carbocycles. The minimum absolute atomic E-state index is 0.0315. The van der Waals surface area contributed by atoms with Gasteiger partial charge in [0.1, 0.15) is 5.82 Å². The summed E-state index contributed by atoms with van der Waals surface area (Å²) in [6, 6.07) is 3.16. The van der Waals surface area contributed by atoms with E-state index in [2.05, 4.69) is 9.97 Å². The van der Waals surface area contributed by atoms with Crippen molar-refractivity contribution in [1.82, 2.24) is 9.97 Å². The van der Waals surface area contributed by atoms with Gasteiger partial charge >= 0.3 is 6.18 Å². The average Bonchev–Trinajstić information content (AvgIpc) is 3.39. The van der Waals surface area contributed by atoms with Crippen LogP contribution in [0.5, 0.6) is 0 Å². The molecular weight excluding hydrogens is 373 g/mol. The molecule has 1 spiro atoms. The van der Waals surface area contributed by atoms with Crippen molar-refractivity contribution in [2.24, 2.45) is 11.1 Å². The molecule has 148 valence electrons. The number of anilines is 1. The molecule has 1 aliphatic heterocycles. The number of carbonyl (C=O) groups excluding carboxylic acids is 1. The van der Waals surface area contributed by atoms with Gasteiger partial charge in [0, 0.05) is 30.9 Å². The number of pyridine rings is 2. The summed E-state index contributed by atoms with van der Waals surface area (Å²) < 4.78 is 41.0. The molecule has 1 amide bonds. The second kappa shape index (κ2) is 6.35. The molecule has 2 aliphatic rings. The molecule has 0 unspecified atom stereocenters. The normalized spacial score (nSPS) is 18.3. The first-order chi connectivity index (χ1) is 13.2. The van der Waals surface area contributed by atoms with Crippen molar-refractivity contribution in [2.45, 2.75) is 31.9 Å². The monoisotopic (exact) mass is 392 g/mol. The number of H-pyrrole nitrogens is 1. The largest absolute Gasteiger partial charge is 0.418 e. The van der Waals surface area contributed by atoms with E-state index in [4.69, 9.17) is 5.73 Å². The lowest BCUT2D eigenvalue weighted by molar-refractivity contribution is -0.137. The molecule has 0 atom stereocenters. The Morgan fingerprint density at radius 3 is 2.39 bits per heavy atom. The van der Waals surface area contributed by atoms with Gasteiger partial charge in [-0.25, -0.2) is 4.98 Å². The van der Waals surface area contributed by atoms with Gasteiger partial charge in [-0.2, -0.15) is 13.2 Å². The van der Waals surface area contributed by atoms with Crippen LogP contribution in [0.25, 0.3) is 11.3 Å². The highest BCUT2D eigenvalue weighted by Gasteiger charge is 2.45. The van der Waals surface area contributed by atoms with E-state index < -0.39 is 23.2 Å². The van der Waals surface area contributed by atoms with Crippen LogP contribution in [0.2, 0.25) is 0 Å². The number of aromatic amines is 1. The van der Waals surface area contributed by atoms with Gasteiger partial charge in [0.2, 0.25) is 5.56 Å². The van der Waals surface area contributed by atoms with Gasteiger partial charge in [-0.05, 0) is 43.2 Å². The number of primary amides is 1. The van der Waals surface area contributed by atoms with E-state index in [-0.39, 0.29) is 22.6 Å². The Kier molecular flexibility index (Phi) is 4.20. The predicted octanol–water partition coefficient (Wildman–Crippen LogP) is 2.94. The summed E-state index contributed by atoms with van der Waals surface area (Å²) in [6.07, 6.45) is 0.666. The summed E-state index contributed by atoms with van der Waals surface area (Å²) in [7, 11) is 0. The quantitative estimate of drug-likeness (QED) is 0.840. The van der Waals surface area contributed by atoms with Crippen LogP contribution in [0.1, 0.15) is 41.6 Å². The van der Waals surface area contributed by atoms with Crippen molar-refractivity contribution in [3.63, 3.8) is 0 Å². The first kappa shape index (κ1) is 18.5. The Bertz CT molecular complexity index is 985. The maximum Gasteiger partial charge on any atom is 0.418 e. The summed E-state index contributed by atoms with van der Waals surface area (Å²) in [6.45, 7) is 1.21. The highest BCUT2D eigenvalue weighted by molar-refractivity contribution is 5.98. The lowest BCUT2D eigenvalue weighted by Crippen LogP contribution is -2.36. The molecule has 2 aromatic rings. The molecule has 0 bridgehead atoms. The van der Waals surface area contributed by atoms with Crippen LogP contribution in [0, 0.1) is 5.41 Å². The standard InChI is InChI=1S/C19H19F3N4O2/c20-19(21,22)13-10-12(16(23)28)17(26-7-4-18(2-3-18)5-8-26)25-15(13)11-1-6-24-14(27)9-11/h1,6,9-10H,2-5,7-8H2,(H2,23,28)(H,24,27). The highest BCUT2D eigenvalue weighted by atomic mass is 19.4. The minimum atomic E-state index is -4.76. The van der Waals surface area contributed by atoms with E-state index in [0.717, 1.165) is 25.0 Å². The minimum Gasteiger partial charge on any atom is -0.365 e. The first-order valence-corrected chi connectivity index (χ1v) is 9.05. The van der Waals surface area contributed by atoms with Gasteiger partial charge in [0.25, 0.3) is 5.91 Å². The van der Waals surface area contributed by atoms with Gasteiger partial charge < -0.3 is 15.6 Å². The van der Waals surface area contributed by atoms with Gasteiger partial charge in [0.15, 0.2) is 0 Å². The fourth-order valence-corrected chi connectivity index (χ4v) is 3.82. The lowest BCUT2D eigenvalue weighted by Gasteiger charge is -2.34. The number of nitrogens with two attached hydrogens (primary N) is 1. The number of nitrogens with zero attached hydrogens (tertiary/aromatic N) is 2. The number of rotatable bonds is 3. The molecule has 2 aromatic heterocycles. The van der Waals surface area contributed by atoms with E-state index >= 15 is 0 Å². The molecule has 0 aromatic carbocycles. The third-order valence-corrected chi connectivity index (χ3v) is 5.70. The highest BCUT2D eigenvalue weighted by Crippen LogP contribution is 2.54. The molecule has 2 fully saturated rings. The van der Waals surface area contributed by atoms with Crippen LogP contribution >= 0.6 is 0 Å². The van der Waals surface area contributed by atoms with E-state index in [1.165, 1.54) is 25.1 Å². The number of piperidine rings is 1. The number of carbonyl (C=O) groups is 1. The Hall–Kier alpha value is -2.84. The second-order valence-electron chi connectivity index (χ2n) is 7.55. The van der Waals surface area contributed by atoms with Crippen molar-refractivity contribution in [3.05, 3.63) is 45.9 Å². The van der Waals surface area contributed by atoms with Crippen LogP contribution < -0.4 is 16.2 Å². The molecule has 3 heterocycles. The fraction of sp³-hybridized carbons (Fsp3) is 0.421. The molecular formula is C19H19F3N4O2. The molecule has 28 heavy (non-hydrogen) atoms. The Labute approximate surface area is 158 Å². The van der Waals surface area contributed by atoms with Crippen molar-refractivity contribution < 1.29 is 18.0 Å². The number of amides is 1. The summed E-state index contributed by atoms with van der Waals surface area (Å²) in [5.74, 6) is -0.816. The van der Waals surface area contributed by atoms with Crippen LogP contribution in [-0.4, -0.2) is 29.0 Å².